The van der Waals surface area contributed by atoms with Gasteiger partial charge in [-0.25, -0.2) is 0 Å². The van der Waals surface area contributed by atoms with Gasteiger partial charge in [0.05, 0.1) is 18.7 Å². The molecule has 1 atom stereocenters. The fraction of sp³-hybridized carbons (Fsp3) is 0.407. The van der Waals surface area contributed by atoms with E-state index in [0.717, 1.165) is 17.7 Å². The molecule has 13 heteroatoms. The van der Waals surface area contributed by atoms with Gasteiger partial charge in [-0.2, -0.15) is 26.3 Å². The summed E-state index contributed by atoms with van der Waals surface area (Å²) in [6.45, 7) is 1.15. The molecule has 2 aromatic rings. The van der Waals surface area contributed by atoms with Gasteiger partial charge in [-0.1, -0.05) is 18.2 Å². The second-order valence-electron chi connectivity index (χ2n) is 9.23. The van der Waals surface area contributed by atoms with E-state index in [4.69, 9.17) is 4.74 Å². The van der Waals surface area contributed by atoms with Crippen molar-refractivity contribution in [2.24, 2.45) is 4.99 Å². The van der Waals surface area contributed by atoms with Crippen LogP contribution in [0.15, 0.2) is 53.2 Å². The zero-order valence-electron chi connectivity index (χ0n) is 21.7. The Morgan fingerprint density at radius 1 is 1.15 bits per heavy atom. The Balaban J connectivity index is 1.96. The molecule has 0 saturated heterocycles. The van der Waals surface area contributed by atoms with Crippen molar-refractivity contribution >= 4 is 23.6 Å². The van der Waals surface area contributed by atoms with Crippen LogP contribution in [0.1, 0.15) is 42.5 Å². The first-order valence-corrected chi connectivity index (χ1v) is 12.3. The third kappa shape index (κ3) is 7.60. The van der Waals surface area contributed by atoms with Gasteiger partial charge in [0.2, 0.25) is 11.8 Å². The highest BCUT2D eigenvalue weighted by Gasteiger charge is 2.59. The van der Waals surface area contributed by atoms with Crippen molar-refractivity contribution in [1.29, 1.82) is 0 Å². The van der Waals surface area contributed by atoms with Crippen LogP contribution >= 0.6 is 0 Å². The summed E-state index contributed by atoms with van der Waals surface area (Å²) < 4.78 is 86.6. The minimum absolute atomic E-state index is 0.0120. The molecule has 0 radical (unpaired) electrons. The quantitative estimate of drug-likeness (QED) is 0.238. The van der Waals surface area contributed by atoms with Crippen LogP contribution in [0, 0.1) is 6.92 Å². The SMILES string of the molecule is C/N=C/CC(=O)NCC1=C(c2ccc(C)cn2)C[C@](c2ccc(OCCCC(F)(F)F)cc2)(C(F)(F)F)NC1=O. The molecule has 0 unspecified atom stereocenters. The molecular weight excluding hydrogens is 542 g/mol. The number of alkyl halides is 6. The minimum Gasteiger partial charge on any atom is -0.494 e. The van der Waals surface area contributed by atoms with E-state index in [0.29, 0.717) is 0 Å². The maximum Gasteiger partial charge on any atom is 0.416 e. The van der Waals surface area contributed by atoms with Crippen LogP contribution < -0.4 is 15.4 Å². The summed E-state index contributed by atoms with van der Waals surface area (Å²) in [7, 11) is 1.48. The van der Waals surface area contributed by atoms with E-state index in [1.54, 1.807) is 13.0 Å². The molecule has 2 amide bonds. The Hall–Kier alpha value is -3.90. The average Bonchev–Trinajstić information content (AvgIpc) is 2.88. The summed E-state index contributed by atoms with van der Waals surface area (Å²) in [5, 5.41) is 4.64. The number of carbonyl (C=O) groups is 2. The van der Waals surface area contributed by atoms with E-state index in [1.165, 1.54) is 37.7 Å². The second kappa shape index (κ2) is 12.5. The van der Waals surface area contributed by atoms with E-state index < -0.39 is 42.5 Å². The smallest absolute Gasteiger partial charge is 0.416 e. The van der Waals surface area contributed by atoms with Gasteiger partial charge < -0.3 is 20.4 Å². The minimum atomic E-state index is -4.96. The number of pyridine rings is 1. The van der Waals surface area contributed by atoms with Crippen molar-refractivity contribution in [2.75, 3.05) is 20.2 Å². The maximum atomic E-state index is 14.8. The number of aliphatic imine (C=N–C) groups is 1. The Morgan fingerprint density at radius 3 is 2.42 bits per heavy atom. The lowest BCUT2D eigenvalue weighted by atomic mass is 9.77. The third-order valence-corrected chi connectivity index (χ3v) is 6.25. The van der Waals surface area contributed by atoms with Crippen LogP contribution in [0.25, 0.3) is 5.57 Å². The fourth-order valence-electron chi connectivity index (χ4n) is 4.14. The number of nitrogens with zero attached hydrogens (tertiary/aromatic N) is 2. The molecule has 216 valence electrons. The lowest BCUT2D eigenvalue weighted by Crippen LogP contribution is -2.59. The van der Waals surface area contributed by atoms with E-state index in [-0.39, 0.29) is 54.1 Å². The molecule has 3 rings (SSSR count). The number of ether oxygens (including phenoxy) is 1. The zero-order chi connectivity index (χ0) is 29.6. The standard InChI is InChI=1S/C27H28F6N4O3/c1-17-4-9-22(35-15-17)20-14-25(27(31,32)33,37-24(39)21(20)16-36-23(38)10-12-34-2)18-5-7-19(8-6-18)40-13-3-11-26(28,29)30/h4-9,12,15H,3,10-11,13-14,16H2,1-2H3,(H,36,38)(H,37,39)/b34-12+/t25-/m0/s1. The van der Waals surface area contributed by atoms with Gasteiger partial charge >= 0.3 is 12.4 Å². The van der Waals surface area contributed by atoms with Gasteiger partial charge in [-0.05, 0) is 48.2 Å². The van der Waals surface area contributed by atoms with E-state index >= 15 is 0 Å². The van der Waals surface area contributed by atoms with Crippen molar-refractivity contribution in [3.05, 3.63) is 65.0 Å². The van der Waals surface area contributed by atoms with Crippen LogP contribution in [-0.2, 0) is 15.1 Å². The van der Waals surface area contributed by atoms with Crippen LogP contribution in [-0.4, -0.2) is 55.6 Å². The molecule has 2 N–H and O–H groups in total. The first-order chi connectivity index (χ1) is 18.8. The number of hydrogen-bond acceptors (Lipinski definition) is 5. The lowest BCUT2D eigenvalue weighted by Gasteiger charge is -2.41. The van der Waals surface area contributed by atoms with Gasteiger partial charge in [0.25, 0.3) is 0 Å². The largest absolute Gasteiger partial charge is 0.494 e. The Bertz CT molecular complexity index is 1260. The number of benzene rings is 1. The Kier molecular flexibility index (Phi) is 9.59. The van der Waals surface area contributed by atoms with Crippen molar-refractivity contribution in [3.63, 3.8) is 0 Å². The molecule has 0 aliphatic carbocycles. The van der Waals surface area contributed by atoms with Crippen LogP contribution in [0.3, 0.4) is 0 Å². The first kappa shape index (κ1) is 30.6. The summed E-state index contributed by atoms with van der Waals surface area (Å²) in [4.78, 5) is 33.3. The van der Waals surface area contributed by atoms with E-state index in [9.17, 15) is 35.9 Å². The third-order valence-electron chi connectivity index (χ3n) is 6.25. The lowest BCUT2D eigenvalue weighted by molar-refractivity contribution is -0.201. The van der Waals surface area contributed by atoms with Crippen LogP contribution in [0.5, 0.6) is 5.75 Å². The van der Waals surface area contributed by atoms with Crippen molar-refractivity contribution < 1.29 is 40.7 Å². The topological polar surface area (TPSA) is 92.7 Å². The monoisotopic (exact) mass is 570 g/mol. The van der Waals surface area contributed by atoms with Crippen molar-refractivity contribution in [2.45, 2.75) is 50.5 Å². The van der Waals surface area contributed by atoms with Crippen molar-refractivity contribution in [3.8, 4) is 5.75 Å². The number of aryl methyl sites for hydroxylation is 1. The Labute approximate surface area is 226 Å². The molecule has 0 bridgehead atoms. The molecule has 40 heavy (non-hydrogen) atoms. The summed E-state index contributed by atoms with van der Waals surface area (Å²) in [5.41, 5.74) is -2.30. The number of rotatable bonds is 10. The summed E-state index contributed by atoms with van der Waals surface area (Å²) in [6.07, 6.45) is -8.63. The number of amides is 2. The molecular formula is C27H28F6N4O3. The summed E-state index contributed by atoms with van der Waals surface area (Å²) in [5.74, 6) is -1.42. The first-order valence-electron chi connectivity index (χ1n) is 12.3. The van der Waals surface area contributed by atoms with Gasteiger partial charge in [-0.15, -0.1) is 0 Å². The maximum absolute atomic E-state index is 14.8. The van der Waals surface area contributed by atoms with Gasteiger partial charge in [-0.3, -0.25) is 14.6 Å². The molecule has 1 aromatic heterocycles. The van der Waals surface area contributed by atoms with Gasteiger partial charge in [0.1, 0.15) is 5.75 Å². The molecule has 7 nitrogen and oxygen atoms in total. The van der Waals surface area contributed by atoms with E-state index in [2.05, 4.69) is 20.6 Å². The molecule has 2 heterocycles. The number of carbonyl (C=O) groups excluding carboxylic acids is 2. The number of aromatic nitrogens is 1. The summed E-state index contributed by atoms with van der Waals surface area (Å²) in [6, 6.07) is 7.81. The number of nitrogens with one attached hydrogen (secondary N) is 2. The molecule has 1 aromatic carbocycles. The average molecular weight is 571 g/mol. The molecule has 0 fully saturated rings. The van der Waals surface area contributed by atoms with Gasteiger partial charge in [0.15, 0.2) is 5.54 Å². The molecule has 1 aliphatic rings. The normalized spacial score (nSPS) is 18.1. The van der Waals surface area contributed by atoms with Crippen molar-refractivity contribution in [1.82, 2.24) is 15.6 Å². The fourth-order valence-corrected chi connectivity index (χ4v) is 4.14. The second-order valence-corrected chi connectivity index (χ2v) is 9.23. The number of halogens is 6. The highest BCUT2D eigenvalue weighted by Crippen LogP contribution is 2.48. The predicted molar refractivity (Wildman–Crippen MR) is 136 cm³/mol. The van der Waals surface area contributed by atoms with Crippen LogP contribution in [0.2, 0.25) is 0 Å². The highest BCUT2D eigenvalue weighted by molar-refractivity contribution is 6.04. The molecule has 1 aliphatic heterocycles. The van der Waals surface area contributed by atoms with Crippen LogP contribution in [0.4, 0.5) is 26.3 Å². The highest BCUT2D eigenvalue weighted by atomic mass is 19.4. The number of hydrogen-bond donors (Lipinski definition) is 2. The molecule has 0 saturated carbocycles. The zero-order valence-corrected chi connectivity index (χ0v) is 21.7. The van der Waals surface area contributed by atoms with E-state index in [1.807, 2.05) is 0 Å². The predicted octanol–water partition coefficient (Wildman–Crippen LogP) is 5.05. The summed E-state index contributed by atoms with van der Waals surface area (Å²) >= 11 is 0. The Morgan fingerprint density at radius 2 is 1.85 bits per heavy atom. The van der Waals surface area contributed by atoms with Gasteiger partial charge in [0, 0.05) is 44.4 Å². The molecule has 0 spiro atoms.